The Kier molecular flexibility index (Phi) is 5.82. The fourth-order valence-electron chi connectivity index (χ4n) is 4.69. The smallest absolute Gasteiger partial charge is 0.160 e. The average Bonchev–Trinajstić information content (AvgIpc) is 3.48. The van der Waals surface area contributed by atoms with Crippen LogP contribution < -0.4 is 15.1 Å². The maximum Gasteiger partial charge on any atom is 0.160 e. The van der Waals surface area contributed by atoms with Gasteiger partial charge >= 0.3 is 0 Å². The largest absolute Gasteiger partial charge is 0.383 e. The highest BCUT2D eigenvalue weighted by molar-refractivity contribution is 6.31. The van der Waals surface area contributed by atoms with Gasteiger partial charge in [-0.2, -0.15) is 5.10 Å². The van der Waals surface area contributed by atoms with E-state index in [9.17, 15) is 0 Å². The molecular weight excluding hydrogens is 412 g/mol. The Morgan fingerprint density at radius 2 is 1.81 bits per heavy atom. The van der Waals surface area contributed by atoms with Crippen molar-refractivity contribution in [3.05, 3.63) is 35.2 Å². The minimum atomic E-state index is 0.780. The Morgan fingerprint density at radius 1 is 1.03 bits per heavy atom. The minimum Gasteiger partial charge on any atom is -0.383 e. The molecule has 1 aromatic carbocycles. The lowest BCUT2D eigenvalue weighted by molar-refractivity contribution is 0.352. The maximum absolute atomic E-state index is 6.51. The molecule has 0 amide bonds. The Labute approximate surface area is 187 Å². The van der Waals surface area contributed by atoms with Gasteiger partial charge in [-0.05, 0) is 50.6 Å². The summed E-state index contributed by atoms with van der Waals surface area (Å²) in [5.74, 6) is 0.950. The Balaban J connectivity index is 1.26. The molecule has 2 aliphatic heterocycles. The van der Waals surface area contributed by atoms with E-state index in [-0.39, 0.29) is 0 Å². The van der Waals surface area contributed by atoms with Crippen molar-refractivity contribution in [2.75, 3.05) is 67.5 Å². The van der Waals surface area contributed by atoms with Crippen LogP contribution in [0.25, 0.3) is 11.0 Å². The maximum atomic E-state index is 6.51. The number of aromatic nitrogens is 4. The molecule has 2 saturated heterocycles. The summed E-state index contributed by atoms with van der Waals surface area (Å²) >= 11 is 6.51. The number of H-pyrrole nitrogens is 1. The lowest BCUT2D eigenvalue weighted by Gasteiger charge is -2.37. The SMILES string of the molecule is Cc1c(NCCN2CCCC2)cc(Cl)cc1N1CCN(c2ncnc3[nH]ncc23)CC1. The number of piperazine rings is 1. The van der Waals surface area contributed by atoms with Gasteiger partial charge in [0, 0.05) is 55.7 Å². The quantitative estimate of drug-likeness (QED) is 0.609. The molecule has 4 heterocycles. The molecule has 0 spiro atoms. The summed E-state index contributed by atoms with van der Waals surface area (Å²) in [4.78, 5) is 16.0. The normalized spacial score (nSPS) is 17.6. The zero-order valence-electron chi connectivity index (χ0n) is 17.9. The van der Waals surface area contributed by atoms with E-state index >= 15 is 0 Å². The fraction of sp³-hybridized carbons (Fsp3) is 0.500. The third kappa shape index (κ3) is 4.27. The van der Waals surface area contributed by atoms with Crippen molar-refractivity contribution in [3.8, 4) is 0 Å². The van der Waals surface area contributed by atoms with Gasteiger partial charge in [-0.15, -0.1) is 0 Å². The molecule has 0 radical (unpaired) electrons. The van der Waals surface area contributed by atoms with Gasteiger partial charge in [-0.25, -0.2) is 9.97 Å². The van der Waals surface area contributed by atoms with E-state index in [1.54, 1.807) is 12.5 Å². The summed E-state index contributed by atoms with van der Waals surface area (Å²) in [6, 6.07) is 4.15. The van der Waals surface area contributed by atoms with E-state index in [1.165, 1.54) is 37.2 Å². The molecule has 2 aliphatic rings. The van der Waals surface area contributed by atoms with Crippen LogP contribution in [0.15, 0.2) is 24.7 Å². The van der Waals surface area contributed by atoms with Crippen LogP contribution in [0, 0.1) is 6.92 Å². The fourth-order valence-corrected chi connectivity index (χ4v) is 4.91. The molecule has 8 nitrogen and oxygen atoms in total. The standard InChI is InChI=1S/C22H29ClN8/c1-16-19(24-4-7-29-5-2-3-6-29)12-17(23)13-20(16)30-8-10-31(11-9-30)22-18-14-27-28-21(18)25-15-26-22/h12-15,24H,2-11H2,1H3,(H,25,26,27,28). The van der Waals surface area contributed by atoms with Crippen molar-refractivity contribution < 1.29 is 0 Å². The van der Waals surface area contributed by atoms with Crippen LogP contribution in [0.3, 0.4) is 0 Å². The van der Waals surface area contributed by atoms with Crippen molar-refractivity contribution in [3.63, 3.8) is 0 Å². The van der Waals surface area contributed by atoms with Crippen LogP contribution >= 0.6 is 11.6 Å². The van der Waals surface area contributed by atoms with Gasteiger partial charge in [-0.3, -0.25) is 5.10 Å². The average molecular weight is 441 g/mol. The number of fused-ring (bicyclic) bond motifs is 1. The lowest BCUT2D eigenvalue weighted by atomic mass is 10.1. The van der Waals surface area contributed by atoms with Crippen LogP contribution in [-0.2, 0) is 0 Å². The number of hydrogen-bond acceptors (Lipinski definition) is 7. The number of rotatable bonds is 6. The van der Waals surface area contributed by atoms with Crippen LogP contribution in [0.5, 0.6) is 0 Å². The second kappa shape index (κ2) is 8.88. The summed E-state index contributed by atoms with van der Waals surface area (Å²) in [7, 11) is 0. The summed E-state index contributed by atoms with van der Waals surface area (Å²) < 4.78 is 0. The van der Waals surface area contributed by atoms with E-state index in [1.807, 2.05) is 0 Å². The number of benzene rings is 1. The van der Waals surface area contributed by atoms with E-state index in [0.29, 0.717) is 0 Å². The number of nitrogens with one attached hydrogen (secondary N) is 2. The highest BCUT2D eigenvalue weighted by Gasteiger charge is 2.23. The van der Waals surface area contributed by atoms with Crippen molar-refractivity contribution in [1.82, 2.24) is 25.1 Å². The Bertz CT molecular complexity index is 1040. The highest BCUT2D eigenvalue weighted by Crippen LogP contribution is 2.32. The molecule has 0 atom stereocenters. The van der Waals surface area contributed by atoms with Crippen molar-refractivity contribution in [2.24, 2.45) is 0 Å². The van der Waals surface area contributed by atoms with E-state index in [2.05, 4.69) is 59.2 Å². The first-order valence-corrected chi connectivity index (χ1v) is 11.5. The summed E-state index contributed by atoms with van der Waals surface area (Å²) in [5.41, 5.74) is 4.40. The second-order valence-electron chi connectivity index (χ2n) is 8.38. The predicted octanol–water partition coefficient (Wildman–Crippen LogP) is 3.15. The zero-order chi connectivity index (χ0) is 21.2. The van der Waals surface area contributed by atoms with Gasteiger partial charge in [0.15, 0.2) is 5.65 Å². The molecule has 164 valence electrons. The summed E-state index contributed by atoms with van der Waals surface area (Å²) in [6.07, 6.45) is 6.06. The molecule has 9 heteroatoms. The third-order valence-electron chi connectivity index (χ3n) is 6.43. The molecule has 2 aromatic heterocycles. The third-order valence-corrected chi connectivity index (χ3v) is 6.65. The molecule has 0 unspecified atom stereocenters. The number of aromatic amines is 1. The molecular formula is C22H29ClN8. The molecule has 5 rings (SSSR count). The molecule has 0 bridgehead atoms. The van der Waals surface area contributed by atoms with E-state index in [4.69, 9.17) is 11.6 Å². The van der Waals surface area contributed by atoms with Gasteiger partial charge in [-0.1, -0.05) is 11.6 Å². The monoisotopic (exact) mass is 440 g/mol. The first-order chi connectivity index (χ1) is 15.2. The van der Waals surface area contributed by atoms with Crippen molar-refractivity contribution in [2.45, 2.75) is 19.8 Å². The van der Waals surface area contributed by atoms with Gasteiger partial charge in [0.2, 0.25) is 0 Å². The molecule has 3 aromatic rings. The Hall–Kier alpha value is -2.58. The first kappa shape index (κ1) is 20.3. The Morgan fingerprint density at radius 3 is 2.61 bits per heavy atom. The van der Waals surface area contributed by atoms with Crippen molar-refractivity contribution >= 4 is 39.8 Å². The van der Waals surface area contributed by atoms with Crippen molar-refractivity contribution in [1.29, 1.82) is 0 Å². The van der Waals surface area contributed by atoms with Crippen LogP contribution in [0.4, 0.5) is 17.2 Å². The number of likely N-dealkylation sites (tertiary alicyclic amines) is 1. The minimum absolute atomic E-state index is 0.780. The van der Waals surface area contributed by atoms with Crippen LogP contribution in [0.1, 0.15) is 18.4 Å². The molecule has 2 fully saturated rings. The number of anilines is 3. The predicted molar refractivity (Wildman–Crippen MR) is 126 cm³/mol. The van der Waals surface area contributed by atoms with E-state index < -0.39 is 0 Å². The topological polar surface area (TPSA) is 76.2 Å². The molecule has 0 aliphatic carbocycles. The molecule has 0 saturated carbocycles. The lowest BCUT2D eigenvalue weighted by Crippen LogP contribution is -2.47. The van der Waals surface area contributed by atoms with E-state index in [0.717, 1.165) is 66.8 Å². The number of hydrogen-bond donors (Lipinski definition) is 2. The zero-order valence-corrected chi connectivity index (χ0v) is 18.7. The molecule has 2 N–H and O–H groups in total. The first-order valence-electron chi connectivity index (χ1n) is 11.1. The molecule has 31 heavy (non-hydrogen) atoms. The van der Waals surface area contributed by atoms with Crippen LogP contribution in [-0.4, -0.2) is 77.4 Å². The van der Waals surface area contributed by atoms with Gasteiger partial charge in [0.25, 0.3) is 0 Å². The highest BCUT2D eigenvalue weighted by atomic mass is 35.5. The summed E-state index contributed by atoms with van der Waals surface area (Å²) in [6.45, 7) is 10.3. The number of nitrogens with zero attached hydrogens (tertiary/aromatic N) is 6. The van der Waals surface area contributed by atoms with Gasteiger partial charge in [0.1, 0.15) is 12.1 Å². The van der Waals surface area contributed by atoms with Crippen LogP contribution in [0.2, 0.25) is 5.02 Å². The van der Waals surface area contributed by atoms with Gasteiger partial charge in [0.05, 0.1) is 11.6 Å². The second-order valence-corrected chi connectivity index (χ2v) is 8.81. The van der Waals surface area contributed by atoms with Gasteiger partial charge < -0.3 is 20.0 Å². The summed E-state index contributed by atoms with van der Waals surface area (Å²) in [5, 5.41) is 12.4. The number of halogens is 1.